The van der Waals surface area contributed by atoms with E-state index in [2.05, 4.69) is 280 Å². The third-order valence-electron chi connectivity index (χ3n) is 13.6. The maximum atomic E-state index is 2.43. The lowest BCUT2D eigenvalue weighted by Gasteiger charge is -2.29. The van der Waals surface area contributed by atoms with Crippen molar-refractivity contribution in [1.82, 2.24) is 0 Å². The van der Waals surface area contributed by atoms with Crippen LogP contribution in [0.2, 0.25) is 0 Å². The molecule has 0 fully saturated rings. The van der Waals surface area contributed by atoms with Crippen molar-refractivity contribution < 1.29 is 0 Å². The van der Waals surface area contributed by atoms with E-state index in [0.717, 1.165) is 34.1 Å². The van der Waals surface area contributed by atoms with Crippen LogP contribution in [0.3, 0.4) is 0 Å². The van der Waals surface area contributed by atoms with Crippen LogP contribution >= 0.6 is 0 Å². The summed E-state index contributed by atoms with van der Waals surface area (Å²) in [6.07, 6.45) is 0. The Balaban J connectivity index is 0.919. The first kappa shape index (κ1) is 41.5. The number of hydrogen-bond acceptors (Lipinski definition) is 2. The summed E-state index contributed by atoms with van der Waals surface area (Å²) in [6, 6.07) is 88.7. The molecule has 2 heteroatoms. The molecule has 0 N–H and O–H groups in total. The van der Waals surface area contributed by atoms with Crippen LogP contribution in [0.5, 0.6) is 0 Å². The van der Waals surface area contributed by atoms with E-state index in [0.29, 0.717) is 0 Å². The summed E-state index contributed by atoms with van der Waals surface area (Å²) in [5, 5.41) is 0. The molecule has 10 aromatic rings. The quantitative estimate of drug-likeness (QED) is 0.135. The van der Waals surface area contributed by atoms with E-state index in [1.807, 2.05) is 0 Å². The molecule has 0 saturated heterocycles. The topological polar surface area (TPSA) is 6.48 Å². The molecule has 0 amide bonds. The van der Waals surface area contributed by atoms with Crippen molar-refractivity contribution in [3.05, 3.63) is 265 Å². The molecule has 0 aromatic heterocycles. The van der Waals surface area contributed by atoms with Crippen molar-refractivity contribution >= 4 is 34.1 Å². The average Bonchev–Trinajstić information content (AvgIpc) is 3.60. The average molecular weight is 861 g/mol. The highest BCUT2D eigenvalue weighted by atomic mass is 15.1. The molecule has 11 rings (SSSR count). The highest BCUT2D eigenvalue weighted by Gasteiger charge is 2.37. The van der Waals surface area contributed by atoms with Crippen molar-refractivity contribution in [3.63, 3.8) is 0 Å². The molecule has 0 saturated carbocycles. The molecular formula is C65H52N2. The maximum Gasteiger partial charge on any atom is 0.0465 e. The first-order valence-electron chi connectivity index (χ1n) is 23.3. The largest absolute Gasteiger partial charge is 0.310 e. The second-order valence-electron chi connectivity index (χ2n) is 18.4. The summed E-state index contributed by atoms with van der Waals surface area (Å²) >= 11 is 0. The molecule has 10 aromatic carbocycles. The first-order chi connectivity index (χ1) is 32.8. The Morgan fingerprint density at radius 3 is 0.866 bits per heavy atom. The van der Waals surface area contributed by atoms with Gasteiger partial charge in [0.05, 0.1) is 0 Å². The normalized spacial score (nSPS) is 12.3. The predicted molar refractivity (Wildman–Crippen MR) is 285 cm³/mol. The van der Waals surface area contributed by atoms with Crippen LogP contribution in [0.1, 0.15) is 36.1 Å². The fraction of sp³-hybridized carbons (Fsp3) is 0.0769. The third kappa shape index (κ3) is 8.02. The smallest absolute Gasteiger partial charge is 0.0465 e. The van der Waals surface area contributed by atoms with Crippen LogP contribution in [-0.2, 0) is 5.41 Å². The Labute approximate surface area is 395 Å². The monoisotopic (exact) mass is 860 g/mol. The van der Waals surface area contributed by atoms with Gasteiger partial charge in [0, 0.05) is 39.5 Å². The molecule has 0 aliphatic heterocycles. The molecule has 1 aliphatic carbocycles. The van der Waals surface area contributed by atoms with Gasteiger partial charge >= 0.3 is 0 Å². The summed E-state index contributed by atoms with van der Waals surface area (Å²) in [5.74, 6) is 0. The standard InChI is InChI=1S/C65H52N2/c1-45-13-11-19-57(41-45)66(55-33-29-53(30-34-55)51-25-21-49(22-26-51)47-15-7-5-8-16-47)59-37-39-61-62-40-38-60(44-64(62)65(3,4)63(61)43-59)67(58-20-12-14-46(2)42-58)56-35-31-54(32-36-56)52-27-23-50(24-28-52)48-17-9-6-10-18-48/h5-44H,1-4H3. The Kier molecular flexibility index (Phi) is 10.7. The van der Waals surface area contributed by atoms with E-state index in [-0.39, 0.29) is 5.41 Å². The van der Waals surface area contributed by atoms with E-state index in [1.54, 1.807) is 0 Å². The number of anilines is 6. The van der Waals surface area contributed by atoms with Crippen LogP contribution in [0, 0.1) is 13.8 Å². The van der Waals surface area contributed by atoms with Gasteiger partial charge in [-0.1, -0.05) is 184 Å². The number of nitrogens with zero attached hydrogens (tertiary/aromatic N) is 2. The molecule has 0 heterocycles. The molecular weight excluding hydrogens is 809 g/mol. The van der Waals surface area contributed by atoms with Crippen LogP contribution in [-0.4, -0.2) is 0 Å². The van der Waals surface area contributed by atoms with Crippen LogP contribution < -0.4 is 9.80 Å². The summed E-state index contributed by atoms with van der Waals surface area (Å²) in [6.45, 7) is 9.11. The summed E-state index contributed by atoms with van der Waals surface area (Å²) < 4.78 is 0. The lowest BCUT2D eigenvalue weighted by Crippen LogP contribution is -2.17. The number of rotatable bonds is 10. The number of hydrogen-bond donors (Lipinski definition) is 0. The first-order valence-corrected chi connectivity index (χ1v) is 23.3. The van der Waals surface area contributed by atoms with Gasteiger partial charge in [-0.3, -0.25) is 0 Å². The Morgan fingerprint density at radius 2 is 0.537 bits per heavy atom. The zero-order valence-electron chi connectivity index (χ0n) is 38.5. The fourth-order valence-corrected chi connectivity index (χ4v) is 10.00. The van der Waals surface area contributed by atoms with Crippen LogP contribution in [0.4, 0.5) is 34.1 Å². The lowest BCUT2D eigenvalue weighted by molar-refractivity contribution is 0.660. The van der Waals surface area contributed by atoms with Gasteiger partial charge < -0.3 is 9.80 Å². The van der Waals surface area contributed by atoms with Gasteiger partial charge in [0.2, 0.25) is 0 Å². The fourth-order valence-electron chi connectivity index (χ4n) is 10.00. The Hall–Kier alpha value is -8.20. The molecule has 0 unspecified atom stereocenters. The highest BCUT2D eigenvalue weighted by molar-refractivity contribution is 5.89. The van der Waals surface area contributed by atoms with Crippen LogP contribution in [0.15, 0.2) is 243 Å². The molecule has 2 nitrogen and oxygen atoms in total. The zero-order valence-corrected chi connectivity index (χ0v) is 38.5. The second kappa shape index (κ2) is 17.3. The van der Waals surface area contributed by atoms with Crippen molar-refractivity contribution in [2.45, 2.75) is 33.1 Å². The molecule has 322 valence electrons. The van der Waals surface area contributed by atoms with Gasteiger partial charge in [-0.25, -0.2) is 0 Å². The molecule has 0 radical (unpaired) electrons. The Morgan fingerprint density at radius 1 is 0.254 bits per heavy atom. The molecule has 1 aliphatic rings. The molecule has 67 heavy (non-hydrogen) atoms. The Bertz CT molecular complexity index is 3120. The minimum absolute atomic E-state index is 0.251. The lowest BCUT2D eigenvalue weighted by atomic mass is 9.82. The minimum atomic E-state index is -0.251. The van der Waals surface area contributed by atoms with Crippen LogP contribution in [0.25, 0.3) is 55.6 Å². The van der Waals surface area contributed by atoms with Crippen molar-refractivity contribution in [3.8, 4) is 55.6 Å². The van der Waals surface area contributed by atoms with Gasteiger partial charge in [-0.2, -0.15) is 0 Å². The highest BCUT2D eigenvalue weighted by Crippen LogP contribution is 2.52. The number of aryl methyl sites for hydroxylation is 2. The third-order valence-corrected chi connectivity index (χ3v) is 13.6. The SMILES string of the molecule is Cc1cccc(N(c2ccc(-c3ccc(-c4ccccc4)cc3)cc2)c2ccc3c(c2)C(C)(C)c2cc(N(c4ccc(-c5ccc(-c6ccccc6)cc5)cc4)c4cccc(C)c4)ccc2-3)c1. The van der Waals surface area contributed by atoms with E-state index in [4.69, 9.17) is 0 Å². The van der Waals surface area contributed by atoms with Gasteiger partial charge in [0.1, 0.15) is 0 Å². The summed E-state index contributed by atoms with van der Waals surface area (Å²) in [4.78, 5) is 4.81. The number of benzene rings is 10. The van der Waals surface area contributed by atoms with E-state index in [1.165, 1.54) is 77.9 Å². The van der Waals surface area contributed by atoms with Crippen molar-refractivity contribution in [2.75, 3.05) is 9.80 Å². The predicted octanol–water partition coefficient (Wildman–Crippen LogP) is 18.2. The van der Waals surface area contributed by atoms with Gasteiger partial charge in [0.15, 0.2) is 0 Å². The van der Waals surface area contributed by atoms with Gasteiger partial charge in [0.25, 0.3) is 0 Å². The van der Waals surface area contributed by atoms with E-state index in [9.17, 15) is 0 Å². The van der Waals surface area contributed by atoms with E-state index < -0.39 is 0 Å². The molecule has 0 atom stereocenters. The van der Waals surface area contributed by atoms with Crippen molar-refractivity contribution in [2.24, 2.45) is 0 Å². The van der Waals surface area contributed by atoms with E-state index >= 15 is 0 Å². The van der Waals surface area contributed by atoms with Gasteiger partial charge in [-0.05, 0) is 165 Å². The van der Waals surface area contributed by atoms with Crippen molar-refractivity contribution in [1.29, 1.82) is 0 Å². The minimum Gasteiger partial charge on any atom is -0.310 e. The number of fused-ring (bicyclic) bond motifs is 3. The zero-order chi connectivity index (χ0) is 45.5. The van der Waals surface area contributed by atoms with Gasteiger partial charge in [-0.15, -0.1) is 0 Å². The second-order valence-corrected chi connectivity index (χ2v) is 18.4. The molecule has 0 spiro atoms. The summed E-state index contributed by atoms with van der Waals surface area (Å²) in [7, 11) is 0. The summed E-state index contributed by atoms with van der Waals surface area (Å²) in [5.41, 5.74) is 23.9. The molecule has 0 bridgehead atoms. The maximum absolute atomic E-state index is 2.43.